The maximum atomic E-state index is 10.1. The minimum absolute atomic E-state index is 0.251. The summed E-state index contributed by atoms with van der Waals surface area (Å²) in [7, 11) is 0. The van der Waals surface area contributed by atoms with Gasteiger partial charge in [-0.05, 0) is 26.0 Å². The summed E-state index contributed by atoms with van der Waals surface area (Å²) >= 11 is 0. The summed E-state index contributed by atoms with van der Waals surface area (Å²) in [6.07, 6.45) is 1.67. The summed E-state index contributed by atoms with van der Waals surface area (Å²) in [5.74, 6) is 0.716. The van der Waals surface area contributed by atoms with Crippen molar-refractivity contribution >= 4 is 27.9 Å². The number of nitrogens with zero attached hydrogens (tertiary/aromatic N) is 4. The summed E-state index contributed by atoms with van der Waals surface area (Å²) in [6.45, 7) is 3.41. The van der Waals surface area contributed by atoms with Crippen molar-refractivity contribution in [1.82, 2.24) is 19.5 Å². The Morgan fingerprint density at radius 3 is 2.71 bits per heavy atom. The molecule has 3 aromatic heterocycles. The minimum Gasteiger partial charge on any atom is -0.389 e. The number of fused-ring (bicyclic) bond motifs is 3. The highest BCUT2D eigenvalue weighted by molar-refractivity contribution is 6.04. The van der Waals surface area contributed by atoms with Gasteiger partial charge in [0.25, 0.3) is 0 Å². The topological polar surface area (TPSA) is 110 Å². The number of aliphatic hydroxyl groups is 2. The van der Waals surface area contributed by atoms with E-state index in [-0.39, 0.29) is 19.0 Å². The molecule has 0 spiro atoms. The molecule has 0 aliphatic carbocycles. The normalized spacial score (nSPS) is 12.4. The summed E-state index contributed by atoms with van der Waals surface area (Å²) < 4.78 is 1.75. The Bertz CT molecular complexity index is 819. The van der Waals surface area contributed by atoms with Crippen LogP contribution in [0, 0.1) is 0 Å². The largest absolute Gasteiger partial charge is 0.389 e. The van der Waals surface area contributed by atoms with Crippen molar-refractivity contribution in [3.63, 3.8) is 0 Å². The highest BCUT2D eigenvalue weighted by Crippen LogP contribution is 2.28. The van der Waals surface area contributed by atoms with E-state index < -0.39 is 5.60 Å². The number of rotatable bonds is 3. The Balaban J connectivity index is 2.43. The molecule has 21 heavy (non-hydrogen) atoms. The molecule has 4 N–H and O–H groups in total. The molecule has 0 aliphatic heterocycles. The lowest BCUT2D eigenvalue weighted by Crippen LogP contribution is -2.27. The molecule has 0 fully saturated rings. The fourth-order valence-corrected chi connectivity index (χ4v) is 2.45. The van der Waals surface area contributed by atoms with Crippen LogP contribution in [0.3, 0.4) is 0 Å². The average molecular weight is 287 g/mol. The first-order valence-corrected chi connectivity index (χ1v) is 6.63. The second kappa shape index (κ2) is 4.64. The lowest BCUT2D eigenvalue weighted by molar-refractivity contribution is 0.0607. The Kier molecular flexibility index (Phi) is 3.03. The van der Waals surface area contributed by atoms with Crippen molar-refractivity contribution in [2.75, 3.05) is 5.73 Å². The Morgan fingerprint density at radius 2 is 2.05 bits per heavy atom. The first-order chi connectivity index (χ1) is 9.90. The van der Waals surface area contributed by atoms with E-state index >= 15 is 0 Å². The smallest absolute Gasteiger partial charge is 0.152 e. The molecule has 0 amide bonds. The van der Waals surface area contributed by atoms with Gasteiger partial charge in [-0.2, -0.15) is 0 Å². The number of nitrogen functional groups attached to an aromatic ring is 1. The van der Waals surface area contributed by atoms with Gasteiger partial charge in [0.15, 0.2) is 5.82 Å². The molecule has 0 bridgehead atoms. The van der Waals surface area contributed by atoms with Crippen LogP contribution >= 0.6 is 0 Å². The summed E-state index contributed by atoms with van der Waals surface area (Å²) in [5.41, 5.74) is 7.49. The molecule has 3 aromatic rings. The molecule has 0 aliphatic rings. The fraction of sp³-hybridized carbons (Fsp3) is 0.357. The Hall–Kier alpha value is -2.25. The zero-order valence-corrected chi connectivity index (χ0v) is 11.9. The molecule has 7 nitrogen and oxygen atoms in total. The second-order valence-corrected chi connectivity index (χ2v) is 5.65. The molecule has 0 radical (unpaired) electrons. The van der Waals surface area contributed by atoms with Gasteiger partial charge >= 0.3 is 0 Å². The van der Waals surface area contributed by atoms with Crippen LogP contribution in [0.25, 0.3) is 22.1 Å². The van der Waals surface area contributed by atoms with Gasteiger partial charge in [0, 0.05) is 6.20 Å². The molecule has 7 heteroatoms. The number of anilines is 1. The molecule has 3 heterocycles. The van der Waals surface area contributed by atoms with Crippen LogP contribution in [-0.2, 0) is 13.2 Å². The van der Waals surface area contributed by atoms with Gasteiger partial charge in [-0.1, -0.05) is 0 Å². The number of pyridine rings is 2. The number of aromatic nitrogens is 4. The zero-order valence-electron chi connectivity index (χ0n) is 11.9. The second-order valence-electron chi connectivity index (χ2n) is 5.65. The van der Waals surface area contributed by atoms with E-state index in [4.69, 9.17) is 5.73 Å². The molecular weight excluding hydrogens is 270 g/mol. The first kappa shape index (κ1) is 13.7. The van der Waals surface area contributed by atoms with E-state index in [2.05, 4.69) is 15.0 Å². The third-order valence-electron chi connectivity index (χ3n) is 3.23. The van der Waals surface area contributed by atoms with Crippen molar-refractivity contribution < 1.29 is 10.2 Å². The van der Waals surface area contributed by atoms with Crippen molar-refractivity contribution in [3.8, 4) is 0 Å². The van der Waals surface area contributed by atoms with Crippen LogP contribution in [-0.4, -0.2) is 35.3 Å². The van der Waals surface area contributed by atoms with Gasteiger partial charge in [-0.3, -0.25) is 4.98 Å². The quantitative estimate of drug-likeness (QED) is 0.658. The maximum absolute atomic E-state index is 10.1. The summed E-state index contributed by atoms with van der Waals surface area (Å²) in [4.78, 5) is 13.0. The molecule has 0 aromatic carbocycles. The Morgan fingerprint density at radius 1 is 1.29 bits per heavy atom. The van der Waals surface area contributed by atoms with Crippen LogP contribution in [0.15, 0.2) is 18.3 Å². The number of aliphatic hydroxyl groups excluding tert-OH is 1. The third kappa shape index (κ3) is 2.30. The number of nitrogens with two attached hydrogens (primary N) is 1. The predicted octanol–water partition coefficient (Wildman–Crippen LogP) is 0.825. The van der Waals surface area contributed by atoms with Crippen molar-refractivity contribution in [3.05, 3.63) is 24.2 Å². The zero-order chi connectivity index (χ0) is 15.2. The molecule has 110 valence electrons. The lowest BCUT2D eigenvalue weighted by atomic mass is 10.1. The van der Waals surface area contributed by atoms with Gasteiger partial charge in [0.1, 0.15) is 29.0 Å². The van der Waals surface area contributed by atoms with E-state index in [1.807, 2.05) is 6.07 Å². The molecule has 0 saturated heterocycles. The molecule has 0 unspecified atom stereocenters. The van der Waals surface area contributed by atoms with Crippen LogP contribution in [0.4, 0.5) is 5.82 Å². The summed E-state index contributed by atoms with van der Waals surface area (Å²) in [6, 6.07) is 3.60. The van der Waals surface area contributed by atoms with Crippen molar-refractivity contribution in [2.24, 2.45) is 0 Å². The highest BCUT2D eigenvalue weighted by Gasteiger charge is 2.22. The van der Waals surface area contributed by atoms with Crippen molar-refractivity contribution in [2.45, 2.75) is 32.6 Å². The Labute approximate surface area is 121 Å². The number of imidazole rings is 1. The van der Waals surface area contributed by atoms with E-state index in [9.17, 15) is 10.2 Å². The van der Waals surface area contributed by atoms with Gasteiger partial charge in [0.05, 0.1) is 17.7 Å². The average Bonchev–Trinajstić information content (AvgIpc) is 2.76. The number of hydrogen-bond acceptors (Lipinski definition) is 6. The van der Waals surface area contributed by atoms with E-state index in [0.717, 1.165) is 0 Å². The van der Waals surface area contributed by atoms with Crippen LogP contribution < -0.4 is 5.73 Å². The monoisotopic (exact) mass is 287 g/mol. The standard InChI is InChI=1S/C14H17N5O2/c1-14(2,21)7-19-9(6-20)18-11-12(19)10-8(17-13(11)15)4-3-5-16-10/h3-5,20-21H,6-7H2,1-2H3,(H2,15,17). The third-order valence-corrected chi connectivity index (χ3v) is 3.23. The van der Waals surface area contributed by atoms with Crippen LogP contribution in [0.2, 0.25) is 0 Å². The molecule has 0 atom stereocenters. The van der Waals surface area contributed by atoms with Crippen LogP contribution in [0.1, 0.15) is 19.7 Å². The SMILES string of the molecule is CC(C)(O)Cn1c(CO)nc2c(N)nc3cccnc3c21. The van der Waals surface area contributed by atoms with E-state index in [0.29, 0.717) is 27.9 Å². The number of hydrogen-bond donors (Lipinski definition) is 3. The minimum atomic E-state index is -0.962. The maximum Gasteiger partial charge on any atom is 0.152 e. The molecular formula is C14H17N5O2. The van der Waals surface area contributed by atoms with E-state index in [1.165, 1.54) is 0 Å². The lowest BCUT2D eigenvalue weighted by Gasteiger charge is -2.20. The highest BCUT2D eigenvalue weighted by atomic mass is 16.3. The van der Waals surface area contributed by atoms with Gasteiger partial charge < -0.3 is 20.5 Å². The van der Waals surface area contributed by atoms with Gasteiger partial charge in [-0.25, -0.2) is 9.97 Å². The van der Waals surface area contributed by atoms with Crippen LogP contribution in [0.5, 0.6) is 0 Å². The molecule has 3 rings (SSSR count). The van der Waals surface area contributed by atoms with Crippen molar-refractivity contribution in [1.29, 1.82) is 0 Å². The molecule has 0 saturated carbocycles. The van der Waals surface area contributed by atoms with Gasteiger partial charge in [0.2, 0.25) is 0 Å². The van der Waals surface area contributed by atoms with Gasteiger partial charge in [-0.15, -0.1) is 0 Å². The predicted molar refractivity (Wildman–Crippen MR) is 79.5 cm³/mol. The first-order valence-electron chi connectivity index (χ1n) is 6.63. The van der Waals surface area contributed by atoms with E-state index in [1.54, 1.807) is 30.7 Å². The fourth-order valence-electron chi connectivity index (χ4n) is 2.45. The summed E-state index contributed by atoms with van der Waals surface area (Å²) in [5, 5.41) is 19.6.